The van der Waals surface area contributed by atoms with Crippen LogP contribution in [0.1, 0.15) is 16.8 Å². The molecule has 0 fully saturated rings. The Morgan fingerprint density at radius 3 is 2.21 bits per heavy atom. The summed E-state index contributed by atoms with van der Waals surface area (Å²) in [7, 11) is 0. The van der Waals surface area contributed by atoms with Gasteiger partial charge in [-0.2, -0.15) is 0 Å². The minimum absolute atomic E-state index is 0. The number of carbonyl (C=O) groups excluding carboxylic acids is 2. The number of hydrogen-bond acceptors (Lipinski definition) is 5. The van der Waals surface area contributed by atoms with Gasteiger partial charge in [-0.15, -0.1) is 0 Å². The van der Waals surface area contributed by atoms with Crippen LogP contribution < -0.4 is 67.5 Å². The van der Waals surface area contributed by atoms with E-state index in [0.717, 1.165) is 0 Å². The molecule has 1 aromatic carbocycles. The van der Waals surface area contributed by atoms with Crippen molar-refractivity contribution in [3.63, 3.8) is 0 Å². The molecule has 19 heavy (non-hydrogen) atoms. The predicted octanol–water partition coefficient (Wildman–Crippen LogP) is -4.21. The summed E-state index contributed by atoms with van der Waals surface area (Å²) in [4.78, 5) is 32.3. The molecule has 0 radical (unpaired) electrons. The summed E-state index contributed by atoms with van der Waals surface area (Å²) >= 11 is 0. The fourth-order valence-corrected chi connectivity index (χ4v) is 1.21. The molecule has 0 aromatic heterocycles. The third-order valence-electron chi connectivity index (χ3n) is 2.12. The Kier molecular flexibility index (Phi) is 8.07. The van der Waals surface area contributed by atoms with E-state index in [1.54, 1.807) is 0 Å². The summed E-state index contributed by atoms with van der Waals surface area (Å²) in [5.41, 5.74) is 5.65. The van der Waals surface area contributed by atoms with Gasteiger partial charge >= 0.3 is 57.4 Å². The van der Waals surface area contributed by atoms with Crippen molar-refractivity contribution in [2.75, 3.05) is 5.32 Å². The van der Waals surface area contributed by atoms with Crippen molar-refractivity contribution in [1.29, 1.82) is 0 Å². The summed E-state index contributed by atoms with van der Waals surface area (Å²) in [6.07, 6.45) is -0.483. The van der Waals surface area contributed by atoms with Crippen molar-refractivity contribution < 1.29 is 76.0 Å². The molecular weight excluding hydrogens is 279 g/mol. The van der Waals surface area contributed by atoms with Crippen LogP contribution in [0.3, 0.4) is 0 Å². The number of rotatable bonds is 5. The van der Waals surface area contributed by atoms with E-state index < -0.39 is 30.3 Å². The van der Waals surface area contributed by atoms with Gasteiger partial charge in [0.1, 0.15) is 0 Å². The Balaban J connectivity index is 0.00000324. The van der Waals surface area contributed by atoms with E-state index in [1.807, 2.05) is 0 Å². The fraction of sp³-hybridized carbons (Fsp3) is 0.182. The SMILES string of the molecule is N[C@@H](CC(=O)O)C(=O)Nc1ccc(C(=O)[O-])cc1.[K+]. The van der Waals surface area contributed by atoms with Gasteiger partial charge in [0, 0.05) is 5.69 Å². The first kappa shape index (κ1) is 18.2. The minimum atomic E-state index is -1.32. The van der Waals surface area contributed by atoms with E-state index in [2.05, 4.69) is 5.32 Å². The maximum absolute atomic E-state index is 11.4. The van der Waals surface area contributed by atoms with Gasteiger partial charge < -0.3 is 26.1 Å². The van der Waals surface area contributed by atoms with E-state index in [0.29, 0.717) is 5.69 Å². The summed E-state index contributed by atoms with van der Waals surface area (Å²) in [5, 5.41) is 21.3. The smallest absolute Gasteiger partial charge is 0.545 e. The first-order valence-electron chi connectivity index (χ1n) is 5.00. The van der Waals surface area contributed by atoms with Gasteiger partial charge in [0.2, 0.25) is 5.91 Å². The molecule has 0 aliphatic rings. The molecule has 0 saturated carbocycles. The van der Waals surface area contributed by atoms with Crippen LogP contribution in [0.15, 0.2) is 24.3 Å². The van der Waals surface area contributed by atoms with Crippen LogP contribution in [0.25, 0.3) is 0 Å². The molecule has 0 heterocycles. The van der Waals surface area contributed by atoms with Crippen LogP contribution >= 0.6 is 0 Å². The average molecular weight is 290 g/mol. The predicted molar refractivity (Wildman–Crippen MR) is 59.6 cm³/mol. The molecule has 0 unspecified atom stereocenters. The van der Waals surface area contributed by atoms with Gasteiger partial charge in [0.05, 0.1) is 18.4 Å². The fourth-order valence-electron chi connectivity index (χ4n) is 1.21. The van der Waals surface area contributed by atoms with Gasteiger partial charge in [-0.3, -0.25) is 9.59 Å². The van der Waals surface area contributed by atoms with Gasteiger partial charge in [-0.25, -0.2) is 0 Å². The molecule has 0 aliphatic heterocycles. The van der Waals surface area contributed by atoms with E-state index in [9.17, 15) is 19.5 Å². The number of nitrogens with one attached hydrogen (secondary N) is 1. The second-order valence-electron chi connectivity index (χ2n) is 3.56. The van der Waals surface area contributed by atoms with Gasteiger partial charge in [-0.05, 0) is 17.7 Å². The number of nitrogens with two attached hydrogens (primary N) is 1. The zero-order valence-corrected chi connectivity index (χ0v) is 13.4. The summed E-state index contributed by atoms with van der Waals surface area (Å²) in [6, 6.07) is 4.07. The molecule has 0 saturated heterocycles. The first-order valence-corrected chi connectivity index (χ1v) is 5.00. The standard InChI is InChI=1S/C11H12N2O5.K/c12-8(5-9(14)15)10(16)13-7-3-1-6(2-4-7)11(17)18;/h1-4,8H,5,12H2,(H,13,16)(H,14,15)(H,17,18);/q;+1/p-1/t8-;/m0./s1. The zero-order valence-electron chi connectivity index (χ0n) is 10.3. The maximum Gasteiger partial charge on any atom is 1.00 e. The van der Waals surface area contributed by atoms with Crippen LogP contribution in [0.4, 0.5) is 5.69 Å². The number of aliphatic carboxylic acids is 1. The molecule has 96 valence electrons. The van der Waals surface area contributed by atoms with Gasteiger partial charge in [0.25, 0.3) is 0 Å². The molecule has 7 nitrogen and oxygen atoms in total. The third kappa shape index (κ3) is 6.28. The van der Waals surface area contributed by atoms with E-state index in [4.69, 9.17) is 10.8 Å². The molecule has 1 amide bonds. The monoisotopic (exact) mass is 290 g/mol. The Bertz CT molecular complexity index is 474. The Labute approximate surface area is 151 Å². The number of aromatic carboxylic acids is 1. The van der Waals surface area contributed by atoms with Crippen molar-refractivity contribution in [2.24, 2.45) is 5.73 Å². The molecule has 0 aliphatic carbocycles. The number of hydrogen-bond donors (Lipinski definition) is 3. The quantitative estimate of drug-likeness (QED) is 0.471. The Morgan fingerprint density at radius 1 is 1.26 bits per heavy atom. The molecule has 0 bridgehead atoms. The number of anilines is 1. The topological polar surface area (TPSA) is 133 Å². The molecule has 8 heteroatoms. The van der Waals surface area contributed by atoms with Crippen LogP contribution in [-0.4, -0.2) is 29.0 Å². The van der Waals surface area contributed by atoms with Crippen LogP contribution in [-0.2, 0) is 9.59 Å². The van der Waals surface area contributed by atoms with E-state index in [1.165, 1.54) is 24.3 Å². The molecule has 1 rings (SSSR count). The number of amides is 1. The number of carboxylic acids is 2. The summed E-state index contributed by atoms with van der Waals surface area (Å²) in [5.74, 6) is -3.15. The third-order valence-corrected chi connectivity index (χ3v) is 2.12. The summed E-state index contributed by atoms with van der Waals surface area (Å²) in [6.45, 7) is 0. The van der Waals surface area contributed by atoms with Crippen LogP contribution in [0.2, 0.25) is 0 Å². The Morgan fingerprint density at radius 2 is 1.79 bits per heavy atom. The van der Waals surface area contributed by atoms with E-state index in [-0.39, 0.29) is 56.9 Å². The molecule has 1 aromatic rings. The van der Waals surface area contributed by atoms with Crippen molar-refractivity contribution in [2.45, 2.75) is 12.5 Å². The molecular formula is C11H11KN2O5. The number of benzene rings is 1. The molecule has 4 N–H and O–H groups in total. The Hall–Kier alpha value is -0.774. The van der Waals surface area contributed by atoms with Gasteiger partial charge in [-0.1, -0.05) is 12.1 Å². The van der Waals surface area contributed by atoms with Crippen LogP contribution in [0, 0.1) is 0 Å². The molecule has 0 spiro atoms. The van der Waals surface area contributed by atoms with E-state index >= 15 is 0 Å². The second kappa shape index (κ2) is 8.41. The van der Waals surface area contributed by atoms with Gasteiger partial charge in [0.15, 0.2) is 0 Å². The zero-order chi connectivity index (χ0) is 13.7. The van der Waals surface area contributed by atoms with Crippen molar-refractivity contribution >= 4 is 23.5 Å². The normalized spacial score (nSPS) is 11.0. The first-order chi connectivity index (χ1) is 8.40. The minimum Gasteiger partial charge on any atom is -0.545 e. The molecule has 1 atom stereocenters. The number of carbonyl (C=O) groups is 3. The maximum atomic E-state index is 11.4. The van der Waals surface area contributed by atoms with Crippen molar-refractivity contribution in [3.8, 4) is 0 Å². The van der Waals surface area contributed by atoms with Crippen molar-refractivity contribution in [3.05, 3.63) is 29.8 Å². The summed E-state index contributed by atoms with van der Waals surface area (Å²) < 4.78 is 0. The van der Waals surface area contributed by atoms with Crippen molar-refractivity contribution in [1.82, 2.24) is 0 Å². The number of carboxylic acid groups (broad SMARTS) is 2. The largest absolute Gasteiger partial charge is 1.00 e. The second-order valence-corrected chi connectivity index (χ2v) is 3.56. The van der Waals surface area contributed by atoms with Crippen LogP contribution in [0.5, 0.6) is 0 Å². The average Bonchev–Trinajstić information content (AvgIpc) is 2.28.